The molecule has 0 unspecified atom stereocenters. The number of hydroxylamine groups is 1. The van der Waals surface area contributed by atoms with Gasteiger partial charge in [-0.2, -0.15) is 0 Å². The summed E-state index contributed by atoms with van der Waals surface area (Å²) in [5.41, 5.74) is 2.09. The first kappa shape index (κ1) is 25.1. The number of hydrogen-bond donors (Lipinski definition) is 2. The maximum absolute atomic E-state index is 15.7. The van der Waals surface area contributed by atoms with E-state index in [4.69, 9.17) is 16.3 Å². The van der Waals surface area contributed by atoms with Crippen molar-refractivity contribution >= 4 is 28.4 Å². The summed E-state index contributed by atoms with van der Waals surface area (Å²) < 4.78 is 21.0. The minimum atomic E-state index is -1.37. The number of carbonyl (C=O) groups is 1. The summed E-state index contributed by atoms with van der Waals surface area (Å²) in [6, 6.07) is 5.30. The van der Waals surface area contributed by atoms with Crippen LogP contribution in [0.4, 0.5) is 4.39 Å². The Morgan fingerprint density at radius 2 is 2.09 bits per heavy atom. The number of alkyl halides is 1. The van der Waals surface area contributed by atoms with E-state index in [2.05, 4.69) is 9.88 Å². The number of nitrogens with zero attached hydrogens (tertiary/aromatic N) is 2. The molecule has 6 nitrogen and oxygen atoms in total. The molecule has 2 fully saturated rings. The molecule has 1 aromatic heterocycles. The van der Waals surface area contributed by atoms with Gasteiger partial charge in [-0.25, -0.2) is 9.87 Å². The van der Waals surface area contributed by atoms with Crippen molar-refractivity contribution < 1.29 is 19.1 Å². The third-order valence-electron chi connectivity index (χ3n) is 7.98. The summed E-state index contributed by atoms with van der Waals surface area (Å²) in [6.45, 7) is 2.62. The van der Waals surface area contributed by atoms with Crippen LogP contribution in [-0.2, 0) is 4.79 Å². The molecule has 8 heteroatoms. The average molecular weight is 492 g/mol. The molecule has 1 aliphatic heterocycles. The lowest BCUT2D eigenvalue weighted by molar-refractivity contribution is -0.143. The van der Waals surface area contributed by atoms with Crippen molar-refractivity contribution in [2.24, 2.45) is 11.3 Å². The standard InChI is InChI=1S/C26H35ClFN3O3/c1-34-19-6-7-23-20(16-19)24(21(27)17-29-23)22(28)8-10-26(25(32)30-33)11-14-31(15-12-26)13-9-18-4-2-3-5-18/h6-7,16-18,22,33H,2-5,8-15H2,1H3,(H,30,32)/t22-/m1/s1. The lowest BCUT2D eigenvalue weighted by Crippen LogP contribution is -2.48. The molecular formula is C26H35ClFN3O3. The first-order chi connectivity index (χ1) is 16.5. The number of methoxy groups -OCH3 is 1. The quantitative estimate of drug-likeness (QED) is 0.339. The fraction of sp³-hybridized carbons (Fsp3) is 0.615. The fourth-order valence-electron chi connectivity index (χ4n) is 5.74. The van der Waals surface area contributed by atoms with Crippen molar-refractivity contribution in [2.75, 3.05) is 26.7 Å². The van der Waals surface area contributed by atoms with Gasteiger partial charge in [0.2, 0.25) is 5.91 Å². The predicted octanol–water partition coefficient (Wildman–Crippen LogP) is 5.86. The van der Waals surface area contributed by atoms with Gasteiger partial charge in [0.1, 0.15) is 11.9 Å². The summed E-state index contributed by atoms with van der Waals surface area (Å²) in [6.07, 6.45) is 8.35. The number of benzene rings is 1. The molecule has 186 valence electrons. The molecule has 1 saturated heterocycles. The molecule has 1 aromatic carbocycles. The average Bonchev–Trinajstić information content (AvgIpc) is 3.39. The van der Waals surface area contributed by atoms with Crippen LogP contribution in [0.2, 0.25) is 5.02 Å². The SMILES string of the molecule is COc1ccc2ncc(Cl)c([C@H](F)CCC3(C(=O)NO)CCN(CCC4CCCC4)CC3)c2c1. The van der Waals surface area contributed by atoms with Crippen molar-refractivity contribution in [3.8, 4) is 5.75 Å². The molecule has 0 spiro atoms. The molecule has 1 amide bonds. The highest BCUT2D eigenvalue weighted by molar-refractivity contribution is 6.32. The van der Waals surface area contributed by atoms with E-state index < -0.39 is 17.5 Å². The lowest BCUT2D eigenvalue weighted by atomic mass is 9.73. The Labute approximate surface area is 205 Å². The van der Waals surface area contributed by atoms with Crippen LogP contribution in [0.15, 0.2) is 24.4 Å². The van der Waals surface area contributed by atoms with Crippen LogP contribution in [0.5, 0.6) is 5.75 Å². The van der Waals surface area contributed by atoms with Crippen LogP contribution in [0, 0.1) is 11.3 Å². The van der Waals surface area contributed by atoms with E-state index in [0.717, 1.165) is 25.6 Å². The number of rotatable bonds is 9. The number of hydrogen-bond acceptors (Lipinski definition) is 5. The van der Waals surface area contributed by atoms with Gasteiger partial charge < -0.3 is 9.64 Å². The zero-order valence-corrected chi connectivity index (χ0v) is 20.6. The van der Waals surface area contributed by atoms with E-state index in [0.29, 0.717) is 41.5 Å². The highest BCUT2D eigenvalue weighted by Gasteiger charge is 2.41. The van der Waals surface area contributed by atoms with E-state index >= 15 is 4.39 Å². The van der Waals surface area contributed by atoms with E-state index in [-0.39, 0.29) is 11.4 Å². The van der Waals surface area contributed by atoms with Gasteiger partial charge in [-0.1, -0.05) is 37.3 Å². The van der Waals surface area contributed by atoms with Gasteiger partial charge in [-0.3, -0.25) is 15.0 Å². The van der Waals surface area contributed by atoms with E-state index in [9.17, 15) is 10.0 Å². The normalized spacial score (nSPS) is 19.9. The fourth-order valence-corrected chi connectivity index (χ4v) is 6.01. The summed E-state index contributed by atoms with van der Waals surface area (Å²) in [5, 5.41) is 10.3. The van der Waals surface area contributed by atoms with Gasteiger partial charge in [0.25, 0.3) is 0 Å². The summed E-state index contributed by atoms with van der Waals surface area (Å²) in [5.74, 6) is 1.02. The number of ether oxygens (including phenoxy) is 1. The minimum absolute atomic E-state index is 0.130. The Hall–Kier alpha value is -1.96. The van der Waals surface area contributed by atoms with Gasteiger partial charge in [0, 0.05) is 17.1 Å². The number of aromatic nitrogens is 1. The van der Waals surface area contributed by atoms with Gasteiger partial charge in [-0.05, 0) is 75.9 Å². The molecule has 2 N–H and O–H groups in total. The lowest BCUT2D eigenvalue weighted by Gasteiger charge is -2.40. The van der Waals surface area contributed by atoms with Crippen LogP contribution in [0.1, 0.15) is 69.5 Å². The van der Waals surface area contributed by atoms with Crippen molar-refractivity contribution in [2.45, 2.75) is 64.0 Å². The first-order valence-corrected chi connectivity index (χ1v) is 12.8. The summed E-state index contributed by atoms with van der Waals surface area (Å²) >= 11 is 6.38. The summed E-state index contributed by atoms with van der Waals surface area (Å²) in [4.78, 5) is 19.4. The molecule has 4 rings (SSSR count). The van der Waals surface area contributed by atoms with Gasteiger partial charge in [0.15, 0.2) is 0 Å². The van der Waals surface area contributed by atoms with Crippen LogP contribution in [0.3, 0.4) is 0 Å². The van der Waals surface area contributed by atoms with Gasteiger partial charge >= 0.3 is 0 Å². The molecule has 0 bridgehead atoms. The van der Waals surface area contributed by atoms with Crippen LogP contribution >= 0.6 is 11.6 Å². The maximum Gasteiger partial charge on any atom is 0.249 e. The largest absolute Gasteiger partial charge is 0.497 e. The van der Waals surface area contributed by atoms with Crippen molar-refractivity contribution in [3.05, 3.63) is 35.0 Å². The molecule has 1 aliphatic carbocycles. The molecule has 2 aromatic rings. The predicted molar refractivity (Wildman–Crippen MR) is 131 cm³/mol. The van der Waals surface area contributed by atoms with E-state index in [1.165, 1.54) is 38.3 Å². The van der Waals surface area contributed by atoms with E-state index in [1.54, 1.807) is 25.3 Å². The molecular weight excluding hydrogens is 457 g/mol. The Kier molecular flexibility index (Phi) is 8.27. The second-order valence-corrected chi connectivity index (χ2v) is 10.3. The number of pyridine rings is 1. The van der Waals surface area contributed by atoms with Crippen LogP contribution in [-0.4, -0.2) is 47.7 Å². The number of likely N-dealkylation sites (tertiary alicyclic amines) is 1. The molecule has 2 heterocycles. The number of amides is 1. The Morgan fingerprint density at radius 3 is 2.76 bits per heavy atom. The van der Waals surface area contributed by atoms with Crippen molar-refractivity contribution in [1.29, 1.82) is 0 Å². The number of piperidine rings is 1. The molecule has 1 saturated carbocycles. The third kappa shape index (κ3) is 5.47. The van der Waals surface area contributed by atoms with Crippen molar-refractivity contribution in [1.82, 2.24) is 15.4 Å². The zero-order valence-electron chi connectivity index (χ0n) is 19.9. The molecule has 1 atom stereocenters. The topological polar surface area (TPSA) is 74.7 Å². The summed E-state index contributed by atoms with van der Waals surface area (Å²) in [7, 11) is 1.56. The second-order valence-electron chi connectivity index (χ2n) is 9.91. The highest BCUT2D eigenvalue weighted by Crippen LogP contribution is 2.42. The third-order valence-corrected chi connectivity index (χ3v) is 8.28. The number of halogens is 2. The van der Waals surface area contributed by atoms with Crippen LogP contribution in [0.25, 0.3) is 10.9 Å². The maximum atomic E-state index is 15.7. The highest BCUT2D eigenvalue weighted by atomic mass is 35.5. The first-order valence-electron chi connectivity index (χ1n) is 12.4. The zero-order chi connectivity index (χ0) is 24.1. The number of fused-ring (bicyclic) bond motifs is 1. The van der Waals surface area contributed by atoms with Gasteiger partial charge in [-0.15, -0.1) is 0 Å². The monoisotopic (exact) mass is 491 g/mol. The molecule has 2 aliphatic rings. The molecule has 0 radical (unpaired) electrons. The Bertz CT molecular complexity index is 991. The van der Waals surface area contributed by atoms with E-state index in [1.807, 2.05) is 5.48 Å². The molecule has 34 heavy (non-hydrogen) atoms. The number of nitrogens with one attached hydrogen (secondary N) is 1. The Balaban J connectivity index is 1.44. The van der Waals surface area contributed by atoms with Crippen LogP contribution < -0.4 is 10.2 Å². The number of carbonyl (C=O) groups excluding carboxylic acids is 1. The Morgan fingerprint density at radius 1 is 1.35 bits per heavy atom. The smallest absolute Gasteiger partial charge is 0.249 e. The van der Waals surface area contributed by atoms with Crippen molar-refractivity contribution in [3.63, 3.8) is 0 Å². The second kappa shape index (κ2) is 11.2. The van der Waals surface area contributed by atoms with Gasteiger partial charge in [0.05, 0.1) is 23.1 Å². The minimum Gasteiger partial charge on any atom is -0.497 e.